The van der Waals surface area contributed by atoms with Gasteiger partial charge in [-0.05, 0) is 50.2 Å². The number of hydrogen-bond acceptors (Lipinski definition) is 6. The van der Waals surface area contributed by atoms with E-state index in [9.17, 15) is 4.79 Å². The van der Waals surface area contributed by atoms with E-state index in [0.717, 1.165) is 53.5 Å². The molecule has 0 bridgehead atoms. The van der Waals surface area contributed by atoms with Crippen LogP contribution in [0.2, 0.25) is 0 Å². The fourth-order valence-corrected chi connectivity index (χ4v) is 4.33. The number of aryl methyl sites for hydroxylation is 2. The Balaban J connectivity index is 1.59. The molecular weight excluding hydrogens is 394 g/mol. The lowest BCUT2D eigenvalue weighted by Gasteiger charge is -2.18. The topological polar surface area (TPSA) is 70.2 Å². The van der Waals surface area contributed by atoms with Crippen LogP contribution in [0.1, 0.15) is 47.4 Å². The minimum Gasteiger partial charge on any atom is -0.365 e. The molecule has 0 saturated carbocycles. The molecule has 0 aliphatic carbocycles. The summed E-state index contributed by atoms with van der Waals surface area (Å²) in [6, 6.07) is 9.91. The highest BCUT2D eigenvalue weighted by Crippen LogP contribution is 2.29. The summed E-state index contributed by atoms with van der Waals surface area (Å²) in [4.78, 5) is 26.1. The average molecular weight is 426 g/mol. The maximum atomic E-state index is 12.3. The number of hydrogen-bond donors (Lipinski definition) is 2. The molecule has 0 radical (unpaired) electrons. The predicted octanol–water partition coefficient (Wildman–Crippen LogP) is 4.25. The Kier molecular flexibility index (Phi) is 7.76. The summed E-state index contributed by atoms with van der Waals surface area (Å²) in [5, 5.41) is 7.51. The number of carbonyl (C=O) groups excluding carboxylic acids is 1. The minimum absolute atomic E-state index is 0.0276. The lowest BCUT2D eigenvalue weighted by molar-refractivity contribution is 0.0949. The van der Waals surface area contributed by atoms with Crippen LogP contribution >= 0.6 is 11.3 Å². The van der Waals surface area contributed by atoms with Gasteiger partial charge in [0.25, 0.3) is 5.91 Å². The van der Waals surface area contributed by atoms with Crippen molar-refractivity contribution in [3.8, 4) is 0 Å². The van der Waals surface area contributed by atoms with Crippen LogP contribution in [-0.4, -0.2) is 47.0 Å². The molecule has 160 valence electrons. The average Bonchev–Trinajstić information content (AvgIpc) is 3.18. The summed E-state index contributed by atoms with van der Waals surface area (Å²) >= 11 is 1.72. The van der Waals surface area contributed by atoms with Gasteiger partial charge in [-0.25, -0.2) is 9.97 Å². The van der Waals surface area contributed by atoms with E-state index in [1.165, 1.54) is 4.88 Å². The summed E-state index contributed by atoms with van der Waals surface area (Å²) in [6.45, 7) is 12.5. The van der Waals surface area contributed by atoms with Gasteiger partial charge in [0.15, 0.2) is 0 Å². The summed E-state index contributed by atoms with van der Waals surface area (Å²) in [5.74, 6) is 1.61. The SMILES string of the molecule is CCc1cc2c(NCc3ccc(C(=O)NCCN(CC)CC)cc3)nc(C)nc2s1. The summed E-state index contributed by atoms with van der Waals surface area (Å²) < 4.78 is 0. The zero-order chi connectivity index (χ0) is 21.5. The molecule has 7 heteroatoms. The number of carbonyl (C=O) groups is 1. The quantitative estimate of drug-likeness (QED) is 0.508. The van der Waals surface area contributed by atoms with Crippen LogP contribution in [0.3, 0.4) is 0 Å². The second-order valence-corrected chi connectivity index (χ2v) is 8.35. The Morgan fingerprint density at radius 1 is 1.10 bits per heavy atom. The molecule has 6 nitrogen and oxygen atoms in total. The highest BCUT2D eigenvalue weighted by molar-refractivity contribution is 7.18. The zero-order valence-electron chi connectivity index (χ0n) is 18.3. The lowest BCUT2D eigenvalue weighted by Crippen LogP contribution is -2.34. The molecule has 2 heterocycles. The van der Waals surface area contributed by atoms with Gasteiger partial charge in [0, 0.05) is 30.1 Å². The van der Waals surface area contributed by atoms with Crippen molar-refractivity contribution in [2.75, 3.05) is 31.5 Å². The van der Waals surface area contributed by atoms with Gasteiger partial charge in [0.05, 0.1) is 5.39 Å². The molecule has 0 aliphatic heterocycles. The number of nitrogens with one attached hydrogen (secondary N) is 2. The third kappa shape index (κ3) is 5.55. The number of rotatable bonds is 10. The van der Waals surface area contributed by atoms with E-state index in [1.807, 2.05) is 31.2 Å². The minimum atomic E-state index is -0.0276. The molecule has 0 saturated heterocycles. The number of aromatic nitrogens is 2. The number of fused-ring (bicyclic) bond motifs is 1. The summed E-state index contributed by atoms with van der Waals surface area (Å²) in [5.41, 5.74) is 1.79. The van der Waals surface area contributed by atoms with Gasteiger partial charge < -0.3 is 15.5 Å². The van der Waals surface area contributed by atoms with Crippen LogP contribution in [0.25, 0.3) is 10.2 Å². The van der Waals surface area contributed by atoms with Gasteiger partial charge in [0.2, 0.25) is 0 Å². The Bertz CT molecular complexity index is 979. The van der Waals surface area contributed by atoms with Gasteiger partial charge in [-0.1, -0.05) is 32.9 Å². The smallest absolute Gasteiger partial charge is 0.251 e. The fraction of sp³-hybridized carbons (Fsp3) is 0.435. The third-order valence-electron chi connectivity index (χ3n) is 5.19. The Labute approximate surface area is 182 Å². The van der Waals surface area contributed by atoms with Crippen LogP contribution in [0.5, 0.6) is 0 Å². The van der Waals surface area contributed by atoms with E-state index in [1.54, 1.807) is 11.3 Å². The maximum Gasteiger partial charge on any atom is 0.251 e. The maximum absolute atomic E-state index is 12.3. The van der Waals surface area contributed by atoms with E-state index in [0.29, 0.717) is 18.7 Å². The first-order valence-corrected chi connectivity index (χ1v) is 11.5. The first-order valence-electron chi connectivity index (χ1n) is 10.6. The van der Waals surface area contributed by atoms with Crippen molar-refractivity contribution >= 4 is 33.3 Å². The molecular formula is C23H31N5OS. The van der Waals surface area contributed by atoms with Gasteiger partial charge in [0.1, 0.15) is 16.5 Å². The number of anilines is 1. The second kappa shape index (κ2) is 10.5. The first-order chi connectivity index (χ1) is 14.5. The normalized spacial score (nSPS) is 11.2. The van der Waals surface area contributed by atoms with Crippen molar-refractivity contribution in [2.45, 2.75) is 40.7 Å². The van der Waals surface area contributed by atoms with Crippen LogP contribution in [0.4, 0.5) is 5.82 Å². The molecule has 2 N–H and O–H groups in total. The van der Waals surface area contributed by atoms with Crippen LogP contribution in [0, 0.1) is 6.92 Å². The molecule has 0 spiro atoms. The number of nitrogens with zero attached hydrogens (tertiary/aromatic N) is 3. The zero-order valence-corrected chi connectivity index (χ0v) is 19.1. The standard InChI is InChI=1S/C23H31N5OS/c1-5-19-14-20-21(26-16(4)27-23(20)30-19)25-15-17-8-10-18(11-9-17)22(29)24-12-13-28(6-2)7-3/h8-11,14H,5-7,12-13,15H2,1-4H3,(H,24,29)(H,25,26,27). The molecule has 0 atom stereocenters. The number of benzene rings is 1. The molecule has 3 rings (SSSR count). The van der Waals surface area contributed by atoms with Crippen molar-refractivity contribution in [3.05, 3.63) is 52.2 Å². The van der Waals surface area contributed by atoms with Crippen LogP contribution < -0.4 is 10.6 Å². The van der Waals surface area contributed by atoms with E-state index >= 15 is 0 Å². The number of likely N-dealkylation sites (N-methyl/N-ethyl adjacent to an activating group) is 1. The molecule has 0 unspecified atom stereocenters. The molecule has 0 aliphatic rings. The van der Waals surface area contributed by atoms with Crippen molar-refractivity contribution in [2.24, 2.45) is 0 Å². The van der Waals surface area contributed by atoms with Gasteiger partial charge >= 0.3 is 0 Å². The summed E-state index contributed by atoms with van der Waals surface area (Å²) in [6.07, 6.45) is 0.998. The highest BCUT2D eigenvalue weighted by atomic mass is 32.1. The van der Waals surface area contributed by atoms with Crippen molar-refractivity contribution < 1.29 is 4.79 Å². The van der Waals surface area contributed by atoms with Crippen molar-refractivity contribution in [3.63, 3.8) is 0 Å². The van der Waals surface area contributed by atoms with E-state index in [-0.39, 0.29) is 5.91 Å². The monoisotopic (exact) mass is 425 g/mol. The first kappa shape index (κ1) is 22.2. The van der Waals surface area contributed by atoms with E-state index < -0.39 is 0 Å². The van der Waals surface area contributed by atoms with Crippen molar-refractivity contribution in [1.29, 1.82) is 0 Å². The van der Waals surface area contributed by atoms with Crippen molar-refractivity contribution in [1.82, 2.24) is 20.2 Å². The second-order valence-electron chi connectivity index (χ2n) is 7.24. The van der Waals surface area contributed by atoms with Gasteiger partial charge in [-0.3, -0.25) is 4.79 Å². The fourth-order valence-electron chi connectivity index (χ4n) is 3.32. The van der Waals surface area contributed by atoms with Gasteiger partial charge in [-0.2, -0.15) is 0 Å². The molecule has 0 fully saturated rings. The molecule has 3 aromatic rings. The van der Waals surface area contributed by atoms with Gasteiger partial charge in [-0.15, -0.1) is 11.3 Å². The molecule has 2 aromatic heterocycles. The molecule has 30 heavy (non-hydrogen) atoms. The Hall–Kier alpha value is -2.51. The predicted molar refractivity (Wildman–Crippen MR) is 125 cm³/mol. The van der Waals surface area contributed by atoms with E-state index in [2.05, 4.69) is 52.3 Å². The van der Waals surface area contributed by atoms with Crippen LogP contribution in [0.15, 0.2) is 30.3 Å². The highest BCUT2D eigenvalue weighted by Gasteiger charge is 2.10. The summed E-state index contributed by atoms with van der Waals surface area (Å²) in [7, 11) is 0. The van der Waals surface area contributed by atoms with E-state index in [4.69, 9.17) is 0 Å². The molecule has 1 amide bonds. The Morgan fingerprint density at radius 3 is 2.50 bits per heavy atom. The number of thiophene rings is 1. The molecule has 1 aromatic carbocycles. The largest absolute Gasteiger partial charge is 0.365 e. The number of amides is 1. The van der Waals surface area contributed by atoms with Crippen LogP contribution in [-0.2, 0) is 13.0 Å². The lowest BCUT2D eigenvalue weighted by atomic mass is 10.1. The third-order valence-corrected chi connectivity index (χ3v) is 6.36. The Morgan fingerprint density at radius 2 is 1.83 bits per heavy atom.